The highest BCUT2D eigenvalue weighted by Crippen LogP contribution is 2.48. The van der Waals surface area contributed by atoms with Gasteiger partial charge in [0, 0.05) is 37.2 Å². The highest BCUT2D eigenvalue weighted by atomic mass is 16.2. The maximum absolute atomic E-state index is 12.7. The molecular formula is C21H30N4O2. The summed E-state index contributed by atoms with van der Waals surface area (Å²) < 4.78 is 0. The summed E-state index contributed by atoms with van der Waals surface area (Å²) in [5, 5.41) is 3.10. The molecule has 2 atom stereocenters. The largest absolute Gasteiger partial charge is 0.350 e. The summed E-state index contributed by atoms with van der Waals surface area (Å²) in [6.45, 7) is 1.56. The Bertz CT molecular complexity index is 674. The number of fused-ring (bicyclic) bond motifs is 1. The lowest BCUT2D eigenvalue weighted by Gasteiger charge is -2.47. The number of carbonyl (C=O) groups excluding carboxylic acids is 2. The number of aromatic nitrogens is 2. The summed E-state index contributed by atoms with van der Waals surface area (Å²) in [6.07, 6.45) is 14.3. The quantitative estimate of drug-likeness (QED) is 0.865. The standard InChI is InChI=1S/C21H30N4O2/c26-19-8-11-21(14-23-20(27)17-9-12-22-15-24-17)10-4-7-18(21)25(19)13-16-5-2-1-3-6-16/h9,12,15-16,18H,1-8,10-11,13-14H2,(H,23,27)/t18-,21+/m1/s1. The van der Waals surface area contributed by atoms with E-state index in [-0.39, 0.29) is 17.4 Å². The van der Waals surface area contributed by atoms with Crippen molar-refractivity contribution in [1.29, 1.82) is 0 Å². The lowest BCUT2D eigenvalue weighted by atomic mass is 9.74. The Morgan fingerprint density at radius 1 is 1.19 bits per heavy atom. The van der Waals surface area contributed by atoms with Crippen LogP contribution in [0.4, 0.5) is 0 Å². The van der Waals surface area contributed by atoms with Gasteiger partial charge >= 0.3 is 0 Å². The van der Waals surface area contributed by atoms with Gasteiger partial charge in [0.15, 0.2) is 0 Å². The molecule has 2 saturated carbocycles. The summed E-state index contributed by atoms with van der Waals surface area (Å²) in [7, 11) is 0. The molecule has 1 saturated heterocycles. The van der Waals surface area contributed by atoms with Crippen LogP contribution in [0, 0.1) is 11.3 Å². The third kappa shape index (κ3) is 3.85. The SMILES string of the molecule is O=C(NC[C@@]12CCC[C@H]1N(CC1CCCCC1)C(=O)CC2)c1ccncn1. The van der Waals surface area contributed by atoms with E-state index in [1.165, 1.54) is 38.4 Å². The zero-order valence-electron chi connectivity index (χ0n) is 16.0. The molecule has 2 aliphatic carbocycles. The second-order valence-electron chi connectivity index (χ2n) is 8.60. The number of rotatable bonds is 5. The van der Waals surface area contributed by atoms with Crippen LogP contribution in [0.5, 0.6) is 0 Å². The molecule has 1 aromatic rings. The molecule has 0 radical (unpaired) electrons. The van der Waals surface area contributed by atoms with Gasteiger partial charge in [0.25, 0.3) is 5.91 Å². The number of piperidine rings is 1. The van der Waals surface area contributed by atoms with E-state index in [9.17, 15) is 9.59 Å². The zero-order valence-corrected chi connectivity index (χ0v) is 16.0. The van der Waals surface area contributed by atoms with Crippen LogP contribution in [-0.2, 0) is 4.79 Å². The minimum atomic E-state index is -0.145. The topological polar surface area (TPSA) is 75.2 Å². The van der Waals surface area contributed by atoms with E-state index in [2.05, 4.69) is 20.2 Å². The molecule has 0 aromatic carbocycles. The fraction of sp³-hybridized carbons (Fsp3) is 0.714. The Balaban J connectivity index is 1.44. The summed E-state index contributed by atoms with van der Waals surface area (Å²) in [4.78, 5) is 35.3. The van der Waals surface area contributed by atoms with Crippen molar-refractivity contribution in [2.75, 3.05) is 13.1 Å². The average Bonchev–Trinajstić information content (AvgIpc) is 3.14. The number of likely N-dealkylation sites (tertiary alicyclic amines) is 1. The van der Waals surface area contributed by atoms with Crippen LogP contribution in [0.1, 0.15) is 74.7 Å². The second-order valence-corrected chi connectivity index (χ2v) is 8.60. The number of hydrogen-bond acceptors (Lipinski definition) is 4. The van der Waals surface area contributed by atoms with Crippen molar-refractivity contribution in [3.63, 3.8) is 0 Å². The molecule has 6 heteroatoms. The molecule has 0 spiro atoms. The van der Waals surface area contributed by atoms with E-state index in [1.807, 2.05) is 0 Å². The fourth-order valence-corrected chi connectivity index (χ4v) is 5.52. The maximum Gasteiger partial charge on any atom is 0.270 e. The number of carbonyl (C=O) groups is 2. The molecule has 0 bridgehead atoms. The number of nitrogens with zero attached hydrogens (tertiary/aromatic N) is 3. The van der Waals surface area contributed by atoms with E-state index >= 15 is 0 Å². The van der Waals surface area contributed by atoms with Crippen LogP contribution in [0.2, 0.25) is 0 Å². The van der Waals surface area contributed by atoms with Crippen molar-refractivity contribution in [2.24, 2.45) is 11.3 Å². The molecule has 27 heavy (non-hydrogen) atoms. The predicted molar refractivity (Wildman–Crippen MR) is 102 cm³/mol. The average molecular weight is 370 g/mol. The lowest BCUT2D eigenvalue weighted by molar-refractivity contribution is -0.142. The van der Waals surface area contributed by atoms with Gasteiger partial charge < -0.3 is 10.2 Å². The summed E-state index contributed by atoms with van der Waals surface area (Å²) in [6, 6.07) is 1.92. The normalized spacial score (nSPS) is 28.8. The van der Waals surface area contributed by atoms with Crippen molar-refractivity contribution in [3.8, 4) is 0 Å². The Kier molecular flexibility index (Phi) is 5.41. The number of nitrogens with one attached hydrogen (secondary N) is 1. The Morgan fingerprint density at radius 2 is 2.04 bits per heavy atom. The third-order valence-electron chi connectivity index (χ3n) is 6.99. The minimum Gasteiger partial charge on any atom is -0.350 e. The molecule has 1 aliphatic heterocycles. The van der Waals surface area contributed by atoms with Gasteiger partial charge in [-0.05, 0) is 44.1 Å². The van der Waals surface area contributed by atoms with Gasteiger partial charge in [-0.25, -0.2) is 9.97 Å². The fourth-order valence-electron chi connectivity index (χ4n) is 5.52. The van der Waals surface area contributed by atoms with E-state index < -0.39 is 0 Å². The van der Waals surface area contributed by atoms with Gasteiger partial charge in [-0.1, -0.05) is 25.7 Å². The molecule has 146 valence electrons. The van der Waals surface area contributed by atoms with Crippen molar-refractivity contribution in [3.05, 3.63) is 24.3 Å². The smallest absolute Gasteiger partial charge is 0.270 e. The molecule has 2 heterocycles. The third-order valence-corrected chi connectivity index (χ3v) is 6.99. The van der Waals surface area contributed by atoms with E-state index in [1.54, 1.807) is 12.3 Å². The first-order valence-corrected chi connectivity index (χ1v) is 10.5. The highest BCUT2D eigenvalue weighted by Gasteiger charge is 2.50. The van der Waals surface area contributed by atoms with Crippen molar-refractivity contribution in [2.45, 2.75) is 70.3 Å². The number of amides is 2. The predicted octanol–water partition coefficient (Wildman–Crippen LogP) is 2.95. The summed E-state index contributed by atoms with van der Waals surface area (Å²) in [5.41, 5.74) is 0.438. The monoisotopic (exact) mass is 370 g/mol. The summed E-state index contributed by atoms with van der Waals surface area (Å²) >= 11 is 0. The maximum atomic E-state index is 12.7. The van der Waals surface area contributed by atoms with Crippen molar-refractivity contribution in [1.82, 2.24) is 20.2 Å². The van der Waals surface area contributed by atoms with Crippen LogP contribution in [0.25, 0.3) is 0 Å². The van der Waals surface area contributed by atoms with Gasteiger partial charge in [-0.2, -0.15) is 0 Å². The minimum absolute atomic E-state index is 0.0330. The van der Waals surface area contributed by atoms with Crippen LogP contribution < -0.4 is 5.32 Å². The van der Waals surface area contributed by atoms with Gasteiger partial charge in [0.05, 0.1) is 0 Å². The Labute approximate surface area is 161 Å². The van der Waals surface area contributed by atoms with Gasteiger partial charge in [0.2, 0.25) is 5.91 Å². The molecular weight excluding hydrogens is 340 g/mol. The van der Waals surface area contributed by atoms with Crippen molar-refractivity contribution >= 4 is 11.8 Å². The molecule has 3 aliphatic rings. The molecule has 4 rings (SSSR count). The summed E-state index contributed by atoms with van der Waals surface area (Å²) in [5.74, 6) is 0.841. The van der Waals surface area contributed by atoms with Crippen LogP contribution in [0.15, 0.2) is 18.6 Å². The molecule has 3 fully saturated rings. The second kappa shape index (κ2) is 7.95. The molecule has 6 nitrogen and oxygen atoms in total. The van der Waals surface area contributed by atoms with E-state index in [0.717, 1.165) is 32.2 Å². The molecule has 2 amide bonds. The van der Waals surface area contributed by atoms with E-state index in [0.29, 0.717) is 30.5 Å². The van der Waals surface area contributed by atoms with Gasteiger partial charge in [-0.3, -0.25) is 9.59 Å². The van der Waals surface area contributed by atoms with Crippen LogP contribution in [0.3, 0.4) is 0 Å². The number of hydrogen-bond donors (Lipinski definition) is 1. The molecule has 1 N–H and O–H groups in total. The highest BCUT2D eigenvalue weighted by molar-refractivity contribution is 5.92. The Morgan fingerprint density at radius 3 is 2.81 bits per heavy atom. The molecule has 0 unspecified atom stereocenters. The first-order valence-electron chi connectivity index (χ1n) is 10.5. The van der Waals surface area contributed by atoms with Gasteiger partial charge in [-0.15, -0.1) is 0 Å². The van der Waals surface area contributed by atoms with E-state index in [4.69, 9.17) is 0 Å². The van der Waals surface area contributed by atoms with Crippen molar-refractivity contribution < 1.29 is 9.59 Å². The first-order chi connectivity index (χ1) is 13.2. The Hall–Kier alpha value is -1.98. The van der Waals surface area contributed by atoms with Crippen LogP contribution in [-0.4, -0.2) is 45.8 Å². The van der Waals surface area contributed by atoms with Gasteiger partial charge in [0.1, 0.15) is 12.0 Å². The first kappa shape index (κ1) is 18.4. The lowest BCUT2D eigenvalue weighted by Crippen LogP contribution is -2.57. The molecule has 1 aromatic heterocycles. The van der Waals surface area contributed by atoms with Crippen LogP contribution >= 0.6 is 0 Å². The zero-order chi connectivity index (χ0) is 18.7.